The molecule has 0 spiro atoms. The number of anilines is 1. The molecular weight excluding hydrogens is 246 g/mol. The molecule has 1 aromatic heterocycles. The normalized spacial score (nSPS) is 15.8. The quantitative estimate of drug-likeness (QED) is 0.853. The zero-order chi connectivity index (χ0) is 14.1. The van der Waals surface area contributed by atoms with E-state index in [0.717, 1.165) is 11.5 Å². The lowest BCUT2D eigenvalue weighted by Crippen LogP contribution is -2.12. The van der Waals surface area contributed by atoms with Crippen molar-refractivity contribution in [2.24, 2.45) is 0 Å². The van der Waals surface area contributed by atoms with Gasteiger partial charge < -0.3 is 9.73 Å². The summed E-state index contributed by atoms with van der Waals surface area (Å²) >= 11 is 0. The monoisotopic (exact) mass is 269 g/mol. The number of nitrogens with one attached hydrogen (secondary N) is 1. The smallest absolute Gasteiger partial charge is 0.106 e. The van der Waals surface area contributed by atoms with Gasteiger partial charge >= 0.3 is 0 Å². The van der Waals surface area contributed by atoms with Gasteiger partial charge in [-0.15, -0.1) is 0 Å². The van der Waals surface area contributed by atoms with Gasteiger partial charge in [-0.25, -0.2) is 0 Å². The number of rotatable bonds is 3. The minimum Gasteiger partial charge on any atom is -0.466 e. The van der Waals surface area contributed by atoms with E-state index in [9.17, 15) is 0 Å². The maximum atomic E-state index is 5.65. The maximum absolute atomic E-state index is 5.65. The molecule has 2 aromatic rings. The van der Waals surface area contributed by atoms with Crippen molar-refractivity contribution in [2.45, 2.75) is 52.5 Å². The minimum atomic E-state index is 0.279. The highest BCUT2D eigenvalue weighted by atomic mass is 16.3. The first-order chi connectivity index (χ1) is 9.65. The van der Waals surface area contributed by atoms with E-state index in [0.29, 0.717) is 0 Å². The Hall–Kier alpha value is -1.70. The van der Waals surface area contributed by atoms with E-state index in [1.165, 1.54) is 48.1 Å². The van der Waals surface area contributed by atoms with E-state index in [4.69, 9.17) is 4.42 Å². The van der Waals surface area contributed by atoms with Crippen molar-refractivity contribution in [3.05, 3.63) is 52.5 Å². The third-order valence-electron chi connectivity index (χ3n) is 4.31. The van der Waals surface area contributed by atoms with Crippen LogP contribution in [-0.4, -0.2) is 0 Å². The minimum absolute atomic E-state index is 0.279. The van der Waals surface area contributed by atoms with Crippen LogP contribution in [0.3, 0.4) is 0 Å². The molecule has 0 amide bonds. The SMILES string of the molecule is Cc1cc(C(C)Nc2cccc3c2CCCC3)c(C)o1. The van der Waals surface area contributed by atoms with Gasteiger partial charge in [0.15, 0.2) is 0 Å². The molecule has 3 rings (SSSR count). The van der Waals surface area contributed by atoms with Crippen LogP contribution in [0.25, 0.3) is 0 Å². The van der Waals surface area contributed by atoms with E-state index in [-0.39, 0.29) is 6.04 Å². The molecule has 0 saturated heterocycles. The van der Waals surface area contributed by atoms with E-state index in [1.54, 1.807) is 0 Å². The van der Waals surface area contributed by atoms with Gasteiger partial charge in [-0.1, -0.05) is 12.1 Å². The van der Waals surface area contributed by atoms with Crippen LogP contribution in [0.15, 0.2) is 28.7 Å². The Bertz CT molecular complexity index is 612. The summed E-state index contributed by atoms with van der Waals surface area (Å²) in [5, 5.41) is 3.68. The number of hydrogen-bond acceptors (Lipinski definition) is 2. The summed E-state index contributed by atoms with van der Waals surface area (Å²) in [6, 6.07) is 9.08. The third-order valence-corrected chi connectivity index (χ3v) is 4.31. The first-order valence-electron chi connectivity index (χ1n) is 7.59. The van der Waals surface area contributed by atoms with Crippen LogP contribution in [0, 0.1) is 13.8 Å². The fraction of sp³-hybridized carbons (Fsp3) is 0.444. The summed E-state index contributed by atoms with van der Waals surface area (Å²) in [6.07, 6.45) is 5.06. The Morgan fingerprint density at radius 3 is 2.70 bits per heavy atom. The average molecular weight is 269 g/mol. The van der Waals surface area contributed by atoms with Crippen LogP contribution in [0.4, 0.5) is 5.69 Å². The Kier molecular flexibility index (Phi) is 3.56. The highest BCUT2D eigenvalue weighted by Crippen LogP contribution is 2.31. The van der Waals surface area contributed by atoms with Crippen LogP contribution >= 0.6 is 0 Å². The van der Waals surface area contributed by atoms with Crippen LogP contribution in [-0.2, 0) is 12.8 Å². The molecule has 106 valence electrons. The number of fused-ring (bicyclic) bond motifs is 1. The molecule has 0 fully saturated rings. The van der Waals surface area contributed by atoms with Gasteiger partial charge in [0.1, 0.15) is 11.5 Å². The summed E-state index contributed by atoms with van der Waals surface area (Å²) < 4.78 is 5.65. The van der Waals surface area contributed by atoms with Crippen molar-refractivity contribution in [3.63, 3.8) is 0 Å². The topological polar surface area (TPSA) is 25.2 Å². The predicted molar refractivity (Wildman–Crippen MR) is 83.3 cm³/mol. The summed E-state index contributed by atoms with van der Waals surface area (Å²) in [4.78, 5) is 0. The van der Waals surface area contributed by atoms with Crippen molar-refractivity contribution in [2.75, 3.05) is 5.32 Å². The van der Waals surface area contributed by atoms with Gasteiger partial charge in [0.05, 0.1) is 6.04 Å². The van der Waals surface area contributed by atoms with Gasteiger partial charge in [0.25, 0.3) is 0 Å². The van der Waals surface area contributed by atoms with Gasteiger partial charge in [0, 0.05) is 11.3 Å². The van der Waals surface area contributed by atoms with Gasteiger partial charge in [-0.3, -0.25) is 0 Å². The second kappa shape index (κ2) is 5.35. The highest BCUT2D eigenvalue weighted by Gasteiger charge is 2.17. The number of hydrogen-bond donors (Lipinski definition) is 1. The molecule has 0 radical (unpaired) electrons. The molecule has 1 aliphatic rings. The molecule has 0 aliphatic heterocycles. The van der Waals surface area contributed by atoms with Crippen molar-refractivity contribution in [3.8, 4) is 0 Å². The predicted octanol–water partition coefficient (Wildman–Crippen LogP) is 4.95. The van der Waals surface area contributed by atoms with Crippen LogP contribution in [0.2, 0.25) is 0 Å². The molecule has 1 aliphatic carbocycles. The Balaban J connectivity index is 1.86. The Morgan fingerprint density at radius 2 is 1.95 bits per heavy atom. The Morgan fingerprint density at radius 1 is 1.15 bits per heavy atom. The fourth-order valence-electron chi connectivity index (χ4n) is 3.31. The van der Waals surface area contributed by atoms with Crippen molar-refractivity contribution in [1.82, 2.24) is 0 Å². The second-order valence-electron chi connectivity index (χ2n) is 5.88. The van der Waals surface area contributed by atoms with Crippen molar-refractivity contribution in [1.29, 1.82) is 0 Å². The molecule has 1 N–H and O–H groups in total. The fourth-order valence-corrected chi connectivity index (χ4v) is 3.31. The second-order valence-corrected chi connectivity index (χ2v) is 5.88. The lowest BCUT2D eigenvalue weighted by atomic mass is 9.90. The lowest BCUT2D eigenvalue weighted by molar-refractivity contribution is 0.500. The zero-order valence-corrected chi connectivity index (χ0v) is 12.6. The maximum Gasteiger partial charge on any atom is 0.106 e. The molecule has 20 heavy (non-hydrogen) atoms. The molecule has 1 heterocycles. The average Bonchev–Trinajstić information content (AvgIpc) is 2.78. The van der Waals surface area contributed by atoms with E-state index < -0.39 is 0 Å². The number of aryl methyl sites for hydroxylation is 3. The zero-order valence-electron chi connectivity index (χ0n) is 12.6. The van der Waals surface area contributed by atoms with E-state index in [2.05, 4.69) is 36.5 Å². The van der Waals surface area contributed by atoms with Crippen LogP contribution in [0.5, 0.6) is 0 Å². The van der Waals surface area contributed by atoms with Gasteiger partial charge in [-0.05, 0) is 69.7 Å². The molecule has 2 heteroatoms. The lowest BCUT2D eigenvalue weighted by Gasteiger charge is -2.23. The van der Waals surface area contributed by atoms with Crippen LogP contribution in [0.1, 0.15) is 54.0 Å². The van der Waals surface area contributed by atoms with Gasteiger partial charge in [-0.2, -0.15) is 0 Å². The molecule has 1 aromatic carbocycles. The number of benzene rings is 1. The first kappa shape index (κ1) is 13.3. The van der Waals surface area contributed by atoms with E-state index in [1.807, 2.05) is 13.8 Å². The van der Waals surface area contributed by atoms with Crippen molar-refractivity contribution >= 4 is 5.69 Å². The number of furan rings is 1. The first-order valence-corrected chi connectivity index (χ1v) is 7.59. The van der Waals surface area contributed by atoms with Gasteiger partial charge in [0.2, 0.25) is 0 Å². The van der Waals surface area contributed by atoms with E-state index >= 15 is 0 Å². The molecule has 1 atom stereocenters. The molecule has 2 nitrogen and oxygen atoms in total. The Labute approximate surface area is 121 Å². The summed E-state index contributed by atoms with van der Waals surface area (Å²) in [7, 11) is 0. The highest BCUT2D eigenvalue weighted by molar-refractivity contribution is 5.57. The summed E-state index contributed by atoms with van der Waals surface area (Å²) in [5.74, 6) is 2.01. The standard InChI is InChI=1S/C18H23NO/c1-12-11-17(14(3)20-12)13(2)19-18-10-6-8-15-7-4-5-9-16(15)18/h6,8,10-11,13,19H,4-5,7,9H2,1-3H3. The molecule has 0 bridgehead atoms. The van der Waals surface area contributed by atoms with Crippen molar-refractivity contribution < 1.29 is 4.42 Å². The molecular formula is C18H23NO. The largest absolute Gasteiger partial charge is 0.466 e. The summed E-state index contributed by atoms with van der Waals surface area (Å²) in [6.45, 7) is 6.26. The van der Waals surface area contributed by atoms with Crippen LogP contribution < -0.4 is 5.32 Å². The molecule has 1 unspecified atom stereocenters. The summed E-state index contributed by atoms with van der Waals surface area (Å²) in [5.41, 5.74) is 5.60. The molecule has 0 saturated carbocycles. The third kappa shape index (κ3) is 2.47.